The maximum absolute atomic E-state index is 5.79. The Bertz CT molecular complexity index is 961. The van der Waals surface area contributed by atoms with E-state index in [1.54, 1.807) is 26.0 Å². The number of hydrogen-bond acceptors (Lipinski definition) is 5. The number of methoxy groups -OCH3 is 2. The zero-order chi connectivity index (χ0) is 22.8. The Kier molecular flexibility index (Phi) is 11.4. The minimum absolute atomic E-state index is 0. The van der Waals surface area contributed by atoms with Gasteiger partial charge in [-0.25, -0.2) is 4.99 Å². The first-order chi connectivity index (χ1) is 15.7. The molecular formula is C26H31IN2O3S. The Labute approximate surface area is 218 Å². The van der Waals surface area contributed by atoms with Gasteiger partial charge in [-0.15, -0.1) is 24.0 Å². The molecule has 33 heavy (non-hydrogen) atoms. The first-order valence-electron chi connectivity index (χ1n) is 10.5. The van der Waals surface area contributed by atoms with Crippen LogP contribution >= 0.6 is 35.7 Å². The summed E-state index contributed by atoms with van der Waals surface area (Å²) in [6.45, 7) is 4.01. The quantitative estimate of drug-likeness (QED) is 0.159. The van der Waals surface area contributed by atoms with E-state index >= 15 is 0 Å². The Morgan fingerprint density at radius 2 is 1.33 bits per heavy atom. The van der Waals surface area contributed by atoms with E-state index in [4.69, 9.17) is 19.2 Å². The van der Waals surface area contributed by atoms with Crippen LogP contribution in [0.4, 0.5) is 5.69 Å². The number of aliphatic imine (C=N–C) groups is 1. The van der Waals surface area contributed by atoms with E-state index in [9.17, 15) is 0 Å². The zero-order valence-corrected chi connectivity index (χ0v) is 22.6. The SMILES string of the molecule is CCOc1ccccc1N=C(SC)N(Cc1ccc(OC)cc1)Cc1ccc(OC)cc1.I. The topological polar surface area (TPSA) is 43.3 Å². The van der Waals surface area contributed by atoms with Gasteiger partial charge in [0.25, 0.3) is 0 Å². The van der Waals surface area contributed by atoms with Gasteiger partial charge in [0, 0.05) is 13.1 Å². The minimum atomic E-state index is 0. The maximum Gasteiger partial charge on any atom is 0.164 e. The summed E-state index contributed by atoms with van der Waals surface area (Å²) in [5.41, 5.74) is 3.19. The molecule has 0 fully saturated rings. The van der Waals surface area contributed by atoms with Gasteiger partial charge in [-0.05, 0) is 60.7 Å². The lowest BCUT2D eigenvalue weighted by molar-refractivity contribution is 0.341. The van der Waals surface area contributed by atoms with Crippen molar-refractivity contribution in [2.75, 3.05) is 27.1 Å². The van der Waals surface area contributed by atoms with Gasteiger partial charge in [0.1, 0.15) is 22.9 Å². The fourth-order valence-electron chi connectivity index (χ4n) is 3.27. The molecule has 0 bridgehead atoms. The van der Waals surface area contributed by atoms with Crippen molar-refractivity contribution in [2.24, 2.45) is 4.99 Å². The number of nitrogens with zero attached hydrogens (tertiary/aromatic N) is 2. The van der Waals surface area contributed by atoms with Crippen LogP contribution < -0.4 is 14.2 Å². The lowest BCUT2D eigenvalue weighted by Gasteiger charge is -2.26. The van der Waals surface area contributed by atoms with Crippen molar-refractivity contribution in [1.82, 2.24) is 4.90 Å². The molecule has 3 aromatic rings. The van der Waals surface area contributed by atoms with E-state index in [1.807, 2.05) is 55.5 Å². The minimum Gasteiger partial charge on any atom is -0.497 e. The molecule has 0 saturated carbocycles. The highest BCUT2D eigenvalue weighted by molar-refractivity contribution is 14.0. The molecule has 0 radical (unpaired) electrons. The number of para-hydroxylation sites is 2. The largest absolute Gasteiger partial charge is 0.497 e. The van der Waals surface area contributed by atoms with Gasteiger partial charge < -0.3 is 19.1 Å². The highest BCUT2D eigenvalue weighted by Crippen LogP contribution is 2.29. The van der Waals surface area contributed by atoms with Crippen molar-refractivity contribution in [3.05, 3.63) is 83.9 Å². The molecule has 0 aromatic heterocycles. The van der Waals surface area contributed by atoms with Gasteiger partial charge in [0.05, 0.1) is 20.8 Å². The molecule has 5 nitrogen and oxygen atoms in total. The van der Waals surface area contributed by atoms with Crippen LogP contribution in [0, 0.1) is 0 Å². The second kappa shape index (κ2) is 14.0. The van der Waals surface area contributed by atoms with Crippen LogP contribution in [0.2, 0.25) is 0 Å². The summed E-state index contributed by atoms with van der Waals surface area (Å²) in [7, 11) is 3.36. The standard InChI is InChI=1S/C26H30N2O3S.HI/c1-5-31-25-9-7-6-8-24(25)27-26(32-4)28(18-20-10-14-22(29-2)15-11-20)19-21-12-16-23(30-3)17-13-21;/h6-17H,5,18-19H2,1-4H3;1H. The summed E-state index contributed by atoms with van der Waals surface area (Å²) in [6, 6.07) is 24.2. The first kappa shape index (κ1) is 26.9. The number of ether oxygens (including phenoxy) is 3. The average Bonchev–Trinajstić information content (AvgIpc) is 2.84. The van der Waals surface area contributed by atoms with Crippen LogP contribution in [-0.4, -0.2) is 37.1 Å². The van der Waals surface area contributed by atoms with Crippen LogP contribution in [-0.2, 0) is 13.1 Å². The summed E-state index contributed by atoms with van der Waals surface area (Å²) in [5, 5.41) is 0.920. The lowest BCUT2D eigenvalue weighted by atomic mass is 10.1. The summed E-state index contributed by atoms with van der Waals surface area (Å²) in [4.78, 5) is 7.26. The number of rotatable bonds is 9. The van der Waals surface area contributed by atoms with E-state index in [0.717, 1.165) is 28.1 Å². The molecule has 0 N–H and O–H groups in total. The third-order valence-corrected chi connectivity index (χ3v) is 5.61. The van der Waals surface area contributed by atoms with Crippen LogP contribution in [0.1, 0.15) is 18.1 Å². The van der Waals surface area contributed by atoms with Gasteiger partial charge in [-0.2, -0.15) is 0 Å². The third-order valence-electron chi connectivity index (χ3n) is 4.90. The van der Waals surface area contributed by atoms with E-state index in [-0.39, 0.29) is 24.0 Å². The third kappa shape index (κ3) is 7.85. The van der Waals surface area contributed by atoms with Crippen LogP contribution in [0.15, 0.2) is 77.8 Å². The second-order valence-corrected chi connectivity index (χ2v) is 7.82. The van der Waals surface area contributed by atoms with Crippen molar-refractivity contribution >= 4 is 46.6 Å². The molecule has 0 aliphatic rings. The van der Waals surface area contributed by atoms with Crippen molar-refractivity contribution in [2.45, 2.75) is 20.0 Å². The monoisotopic (exact) mass is 578 g/mol. The highest BCUT2D eigenvalue weighted by atomic mass is 127. The molecule has 7 heteroatoms. The van der Waals surface area contributed by atoms with Crippen LogP contribution in [0.3, 0.4) is 0 Å². The van der Waals surface area contributed by atoms with E-state index in [1.165, 1.54) is 11.1 Å². The second-order valence-electron chi connectivity index (χ2n) is 7.05. The number of thioether (sulfide) groups is 1. The number of amidine groups is 1. The molecule has 0 atom stereocenters. The summed E-state index contributed by atoms with van der Waals surface area (Å²) < 4.78 is 16.4. The van der Waals surface area contributed by atoms with Crippen LogP contribution in [0.25, 0.3) is 0 Å². The molecule has 3 aromatic carbocycles. The Morgan fingerprint density at radius 3 is 1.79 bits per heavy atom. The molecule has 0 spiro atoms. The van der Waals surface area contributed by atoms with E-state index in [2.05, 4.69) is 35.4 Å². The van der Waals surface area contributed by atoms with Gasteiger partial charge in [-0.3, -0.25) is 0 Å². The molecule has 0 unspecified atom stereocenters. The van der Waals surface area contributed by atoms with Crippen molar-refractivity contribution in [3.63, 3.8) is 0 Å². The van der Waals surface area contributed by atoms with Crippen LogP contribution in [0.5, 0.6) is 17.2 Å². The smallest absolute Gasteiger partial charge is 0.164 e. The van der Waals surface area contributed by atoms with E-state index in [0.29, 0.717) is 19.7 Å². The normalized spacial score (nSPS) is 10.8. The van der Waals surface area contributed by atoms with Gasteiger partial charge in [0.15, 0.2) is 5.17 Å². The Hall–Kier alpha value is -2.39. The summed E-state index contributed by atoms with van der Waals surface area (Å²) in [5.74, 6) is 2.48. The Morgan fingerprint density at radius 1 is 0.818 bits per heavy atom. The average molecular weight is 579 g/mol. The highest BCUT2D eigenvalue weighted by Gasteiger charge is 2.14. The molecule has 0 heterocycles. The summed E-state index contributed by atoms with van der Waals surface area (Å²) in [6.07, 6.45) is 2.05. The van der Waals surface area contributed by atoms with Gasteiger partial charge in [-0.1, -0.05) is 48.2 Å². The van der Waals surface area contributed by atoms with Crippen molar-refractivity contribution in [1.29, 1.82) is 0 Å². The fraction of sp³-hybridized carbons (Fsp3) is 0.269. The van der Waals surface area contributed by atoms with Gasteiger partial charge in [0.2, 0.25) is 0 Å². The van der Waals surface area contributed by atoms with Crippen molar-refractivity contribution < 1.29 is 14.2 Å². The number of benzene rings is 3. The zero-order valence-electron chi connectivity index (χ0n) is 19.5. The molecule has 0 aliphatic heterocycles. The predicted octanol–water partition coefficient (Wildman–Crippen LogP) is 6.77. The fourth-order valence-corrected chi connectivity index (χ4v) is 3.85. The maximum atomic E-state index is 5.79. The molecule has 0 saturated heterocycles. The lowest BCUT2D eigenvalue weighted by Crippen LogP contribution is -2.27. The summed E-state index contributed by atoms with van der Waals surface area (Å²) >= 11 is 1.62. The number of hydrogen-bond donors (Lipinski definition) is 0. The van der Waals surface area contributed by atoms with Crippen molar-refractivity contribution in [3.8, 4) is 17.2 Å². The molecular weight excluding hydrogens is 547 g/mol. The van der Waals surface area contributed by atoms with E-state index < -0.39 is 0 Å². The number of halogens is 1. The molecule has 0 amide bonds. The molecule has 3 rings (SSSR count). The predicted molar refractivity (Wildman–Crippen MR) is 149 cm³/mol. The van der Waals surface area contributed by atoms with Gasteiger partial charge >= 0.3 is 0 Å². The Balaban J connectivity index is 0.00000385. The molecule has 0 aliphatic carbocycles. The molecule has 176 valence electrons. The first-order valence-corrected chi connectivity index (χ1v) is 11.7.